The van der Waals surface area contributed by atoms with E-state index < -0.39 is 10.0 Å². The molecule has 3 heterocycles. The summed E-state index contributed by atoms with van der Waals surface area (Å²) in [6.45, 7) is 7.05. The lowest BCUT2D eigenvalue weighted by molar-refractivity contribution is -0.120. The predicted molar refractivity (Wildman–Crippen MR) is 141 cm³/mol. The summed E-state index contributed by atoms with van der Waals surface area (Å²) < 4.78 is 32.8. The number of hydrogen-bond donors (Lipinski definition) is 1. The van der Waals surface area contributed by atoms with Gasteiger partial charge in [0.1, 0.15) is 5.82 Å². The number of nitrogens with one attached hydrogen (secondary N) is 1. The fourth-order valence-corrected chi connectivity index (χ4v) is 6.33. The Kier molecular flexibility index (Phi) is 6.96. The highest BCUT2D eigenvalue weighted by Gasteiger charge is 2.28. The Balaban J connectivity index is 1.31. The van der Waals surface area contributed by atoms with Crippen LogP contribution in [0.1, 0.15) is 24.0 Å². The Morgan fingerprint density at radius 2 is 1.86 bits per heavy atom. The standard InChI is InChI=1S/C27H32N4O4S/c1-19-5-3-7-24(20(19)2)29-27(32)22-6-4-12-30(18-22)26-11-8-21-17-23(9-10-25(21)28-26)36(33,34)31-13-15-35-16-14-31/h3,5,7-11,17,22H,4,6,12-16,18H2,1-2H3,(H,29,32)/t22-/m1/s1. The third-order valence-corrected chi connectivity index (χ3v) is 9.13. The second-order valence-corrected chi connectivity index (χ2v) is 11.5. The average Bonchev–Trinajstić information content (AvgIpc) is 2.91. The quantitative estimate of drug-likeness (QED) is 0.565. The van der Waals surface area contributed by atoms with Crippen molar-refractivity contribution in [3.8, 4) is 0 Å². The first kappa shape index (κ1) is 24.7. The summed E-state index contributed by atoms with van der Waals surface area (Å²) in [6.07, 6.45) is 1.74. The van der Waals surface area contributed by atoms with Crippen LogP contribution in [0.4, 0.5) is 11.5 Å². The van der Waals surface area contributed by atoms with Crippen LogP contribution in [0.5, 0.6) is 0 Å². The number of sulfonamides is 1. The van der Waals surface area contributed by atoms with Gasteiger partial charge >= 0.3 is 0 Å². The number of pyridine rings is 1. The summed E-state index contributed by atoms with van der Waals surface area (Å²) in [5, 5.41) is 3.89. The number of nitrogens with zero attached hydrogens (tertiary/aromatic N) is 3. The molecule has 1 amide bonds. The summed E-state index contributed by atoms with van der Waals surface area (Å²) in [6, 6.07) is 14.9. The van der Waals surface area contributed by atoms with E-state index in [4.69, 9.17) is 9.72 Å². The molecule has 0 saturated carbocycles. The van der Waals surface area contributed by atoms with Gasteiger partial charge in [-0.3, -0.25) is 4.79 Å². The second-order valence-electron chi connectivity index (χ2n) is 9.56. The normalized spacial score (nSPS) is 19.4. The molecule has 8 nitrogen and oxygen atoms in total. The lowest BCUT2D eigenvalue weighted by Gasteiger charge is -2.33. The monoisotopic (exact) mass is 508 g/mol. The van der Waals surface area contributed by atoms with Gasteiger partial charge in [0.25, 0.3) is 0 Å². The molecule has 0 unspecified atom stereocenters. The topological polar surface area (TPSA) is 91.8 Å². The smallest absolute Gasteiger partial charge is 0.243 e. The predicted octanol–water partition coefficient (Wildman–Crippen LogP) is 3.73. The number of benzene rings is 2. The zero-order valence-corrected chi connectivity index (χ0v) is 21.6. The van der Waals surface area contributed by atoms with Gasteiger partial charge in [0.2, 0.25) is 15.9 Å². The van der Waals surface area contributed by atoms with E-state index in [0.717, 1.165) is 52.9 Å². The number of carbonyl (C=O) groups excluding carboxylic acids is 1. The van der Waals surface area contributed by atoms with E-state index >= 15 is 0 Å². The Morgan fingerprint density at radius 1 is 1.06 bits per heavy atom. The number of hydrogen-bond acceptors (Lipinski definition) is 6. The van der Waals surface area contributed by atoms with Crippen molar-refractivity contribution in [1.29, 1.82) is 0 Å². The molecule has 190 valence electrons. The number of piperidine rings is 1. The highest BCUT2D eigenvalue weighted by molar-refractivity contribution is 7.89. The first-order valence-electron chi connectivity index (χ1n) is 12.4. The zero-order chi connectivity index (χ0) is 25.3. The molecule has 2 saturated heterocycles. The number of rotatable bonds is 5. The van der Waals surface area contributed by atoms with Gasteiger partial charge in [-0.25, -0.2) is 13.4 Å². The zero-order valence-electron chi connectivity index (χ0n) is 20.7. The molecule has 2 aliphatic rings. The van der Waals surface area contributed by atoms with Gasteiger partial charge in [0.05, 0.1) is 29.5 Å². The molecule has 0 bridgehead atoms. The summed E-state index contributed by atoms with van der Waals surface area (Å²) >= 11 is 0. The van der Waals surface area contributed by atoms with Crippen molar-refractivity contribution in [2.24, 2.45) is 5.92 Å². The maximum Gasteiger partial charge on any atom is 0.243 e. The average molecular weight is 509 g/mol. The van der Waals surface area contributed by atoms with Crippen LogP contribution in [0, 0.1) is 19.8 Å². The maximum atomic E-state index is 13.1. The van der Waals surface area contributed by atoms with E-state index in [2.05, 4.69) is 10.2 Å². The van der Waals surface area contributed by atoms with Gasteiger partial charge < -0.3 is 15.0 Å². The van der Waals surface area contributed by atoms with Crippen molar-refractivity contribution < 1.29 is 17.9 Å². The molecule has 9 heteroatoms. The minimum atomic E-state index is -3.56. The fourth-order valence-electron chi connectivity index (χ4n) is 4.89. The van der Waals surface area contributed by atoms with Gasteiger partial charge in [0.15, 0.2) is 0 Å². The number of aromatic nitrogens is 1. The molecule has 1 N–H and O–H groups in total. The minimum absolute atomic E-state index is 0.0344. The van der Waals surface area contributed by atoms with Crippen molar-refractivity contribution in [3.63, 3.8) is 0 Å². The number of aryl methyl sites for hydroxylation is 1. The van der Waals surface area contributed by atoms with Crippen LogP contribution >= 0.6 is 0 Å². The molecular formula is C27H32N4O4S. The van der Waals surface area contributed by atoms with Crippen molar-refractivity contribution in [2.75, 3.05) is 49.6 Å². The molecule has 0 spiro atoms. The summed E-state index contributed by atoms with van der Waals surface area (Å²) in [7, 11) is -3.56. The van der Waals surface area contributed by atoms with Crippen LogP contribution in [0.2, 0.25) is 0 Å². The molecule has 0 aliphatic carbocycles. The lowest BCUT2D eigenvalue weighted by Crippen LogP contribution is -2.41. The minimum Gasteiger partial charge on any atom is -0.379 e. The molecule has 2 fully saturated rings. The van der Waals surface area contributed by atoms with Gasteiger partial charge in [-0.15, -0.1) is 0 Å². The van der Waals surface area contributed by atoms with Crippen molar-refractivity contribution in [2.45, 2.75) is 31.6 Å². The fraction of sp³-hybridized carbons (Fsp3) is 0.407. The number of anilines is 2. The molecule has 36 heavy (non-hydrogen) atoms. The molecule has 5 rings (SSSR count). The van der Waals surface area contributed by atoms with Gasteiger partial charge in [-0.05, 0) is 74.2 Å². The summed E-state index contributed by atoms with van der Waals surface area (Å²) in [4.78, 5) is 20.3. The Bertz CT molecular complexity index is 1390. The molecule has 1 atom stereocenters. The first-order valence-corrected chi connectivity index (χ1v) is 13.9. The van der Waals surface area contributed by atoms with Crippen molar-refractivity contribution in [3.05, 3.63) is 59.7 Å². The van der Waals surface area contributed by atoms with E-state index in [1.165, 1.54) is 4.31 Å². The van der Waals surface area contributed by atoms with Crippen LogP contribution in [-0.2, 0) is 19.6 Å². The number of fused-ring (bicyclic) bond motifs is 1. The highest BCUT2D eigenvalue weighted by atomic mass is 32.2. The summed E-state index contributed by atoms with van der Waals surface area (Å²) in [5.74, 6) is 0.708. The third-order valence-electron chi connectivity index (χ3n) is 7.23. The Morgan fingerprint density at radius 3 is 2.67 bits per heavy atom. The number of ether oxygens (including phenoxy) is 1. The van der Waals surface area contributed by atoms with E-state index in [0.29, 0.717) is 32.8 Å². The van der Waals surface area contributed by atoms with Crippen LogP contribution in [0.3, 0.4) is 0 Å². The SMILES string of the molecule is Cc1cccc(NC(=O)[C@@H]2CCCN(c3ccc4cc(S(=O)(=O)N5CCOCC5)ccc4n3)C2)c1C. The molecule has 2 aliphatic heterocycles. The van der Waals surface area contributed by atoms with Crippen LogP contribution in [0.15, 0.2) is 53.4 Å². The van der Waals surface area contributed by atoms with Crippen molar-refractivity contribution in [1.82, 2.24) is 9.29 Å². The number of carbonyl (C=O) groups is 1. The van der Waals surface area contributed by atoms with Gasteiger partial charge in [0, 0.05) is 37.3 Å². The Hall–Kier alpha value is -3.01. The van der Waals surface area contributed by atoms with E-state index in [1.54, 1.807) is 18.2 Å². The molecule has 1 aromatic heterocycles. The third kappa shape index (κ3) is 4.96. The Labute approximate surface area is 212 Å². The van der Waals surface area contributed by atoms with Crippen LogP contribution in [0.25, 0.3) is 10.9 Å². The van der Waals surface area contributed by atoms with Gasteiger partial charge in [-0.2, -0.15) is 4.31 Å². The second kappa shape index (κ2) is 10.2. The molecule has 2 aromatic carbocycles. The van der Waals surface area contributed by atoms with Crippen LogP contribution in [-0.4, -0.2) is 63.0 Å². The number of amides is 1. The largest absolute Gasteiger partial charge is 0.379 e. The van der Waals surface area contributed by atoms with E-state index in [-0.39, 0.29) is 16.7 Å². The van der Waals surface area contributed by atoms with Crippen LogP contribution < -0.4 is 10.2 Å². The van der Waals surface area contributed by atoms with Crippen molar-refractivity contribution >= 4 is 38.3 Å². The summed E-state index contributed by atoms with van der Waals surface area (Å²) in [5.41, 5.74) is 3.84. The molecule has 0 radical (unpaired) electrons. The first-order chi connectivity index (χ1) is 17.3. The highest BCUT2D eigenvalue weighted by Crippen LogP contribution is 2.28. The molecular weight excluding hydrogens is 476 g/mol. The molecule has 3 aromatic rings. The number of morpholine rings is 1. The maximum absolute atomic E-state index is 13.1. The van der Waals surface area contributed by atoms with E-state index in [1.807, 2.05) is 44.2 Å². The van der Waals surface area contributed by atoms with E-state index in [9.17, 15) is 13.2 Å². The lowest BCUT2D eigenvalue weighted by atomic mass is 9.96. The van der Waals surface area contributed by atoms with Gasteiger partial charge in [-0.1, -0.05) is 12.1 Å².